The Morgan fingerprint density at radius 1 is 0.700 bits per heavy atom. The fourth-order valence-corrected chi connectivity index (χ4v) is 1.54. The smallest absolute Gasteiger partial charge is 0.0487 e. The number of benzene rings is 2. The summed E-state index contributed by atoms with van der Waals surface area (Å²) in [6, 6.07) is 20.7. The van der Waals surface area contributed by atoms with E-state index in [1.807, 2.05) is 64.1 Å². The molecular formula is C18H28N2. The van der Waals surface area contributed by atoms with Crippen molar-refractivity contribution < 1.29 is 0 Å². The number of nitrogens with one attached hydrogen (secondary N) is 2. The minimum absolute atomic E-state index is 0.279. The molecule has 0 fully saturated rings. The van der Waals surface area contributed by atoms with Gasteiger partial charge in [0.2, 0.25) is 0 Å². The zero-order valence-electron chi connectivity index (χ0n) is 13.4. The summed E-state index contributed by atoms with van der Waals surface area (Å²) in [6.45, 7) is 10.1. The standard InChI is InChI=1S/C14H16N2.2C2H6/c1-12(13-8-4-2-5-9-13)15-16-14-10-6-3-7-11-14;2*1-2/h2-12,15-16H,1H3;2*1-2H3. The lowest BCUT2D eigenvalue weighted by Crippen LogP contribution is -2.25. The molecule has 2 N–H and O–H groups in total. The number of hydrogen-bond acceptors (Lipinski definition) is 2. The lowest BCUT2D eigenvalue weighted by molar-refractivity contribution is 0.644. The van der Waals surface area contributed by atoms with E-state index >= 15 is 0 Å². The minimum atomic E-state index is 0.279. The largest absolute Gasteiger partial charge is 0.321 e. The Kier molecular flexibility index (Phi) is 11.1. The quantitative estimate of drug-likeness (QED) is 0.726. The zero-order chi connectivity index (χ0) is 15.2. The first-order valence-corrected chi connectivity index (χ1v) is 7.48. The Labute approximate surface area is 124 Å². The van der Waals surface area contributed by atoms with E-state index in [-0.39, 0.29) is 6.04 Å². The molecule has 1 atom stereocenters. The van der Waals surface area contributed by atoms with Crippen molar-refractivity contribution in [2.45, 2.75) is 40.7 Å². The molecule has 0 saturated heterocycles. The summed E-state index contributed by atoms with van der Waals surface area (Å²) in [6.07, 6.45) is 0. The van der Waals surface area contributed by atoms with E-state index in [0.29, 0.717) is 0 Å². The highest BCUT2D eigenvalue weighted by molar-refractivity contribution is 5.41. The maximum absolute atomic E-state index is 3.27. The van der Waals surface area contributed by atoms with Crippen LogP contribution in [0.1, 0.15) is 46.2 Å². The van der Waals surface area contributed by atoms with Crippen molar-refractivity contribution in [3.63, 3.8) is 0 Å². The van der Waals surface area contributed by atoms with Gasteiger partial charge in [0.25, 0.3) is 0 Å². The summed E-state index contributed by atoms with van der Waals surface area (Å²) in [7, 11) is 0. The van der Waals surface area contributed by atoms with Crippen LogP contribution in [0, 0.1) is 0 Å². The molecule has 20 heavy (non-hydrogen) atoms. The van der Waals surface area contributed by atoms with Crippen LogP contribution in [0.4, 0.5) is 5.69 Å². The van der Waals surface area contributed by atoms with Gasteiger partial charge < -0.3 is 5.43 Å². The Balaban J connectivity index is 0.000000829. The molecule has 0 saturated carbocycles. The van der Waals surface area contributed by atoms with Crippen LogP contribution in [-0.2, 0) is 0 Å². The van der Waals surface area contributed by atoms with Crippen LogP contribution in [0.2, 0.25) is 0 Å². The molecule has 2 nitrogen and oxygen atoms in total. The van der Waals surface area contributed by atoms with Crippen molar-refractivity contribution in [1.82, 2.24) is 5.43 Å². The molecule has 0 radical (unpaired) electrons. The molecule has 0 heterocycles. The molecule has 2 rings (SSSR count). The number of hydrazine groups is 1. The molecule has 2 heteroatoms. The number of para-hydroxylation sites is 1. The Morgan fingerprint density at radius 3 is 1.65 bits per heavy atom. The van der Waals surface area contributed by atoms with E-state index < -0.39 is 0 Å². The first-order valence-electron chi connectivity index (χ1n) is 7.48. The SMILES string of the molecule is CC.CC.CC(NNc1ccccc1)c1ccccc1. The van der Waals surface area contributed by atoms with Crippen LogP contribution in [0.3, 0.4) is 0 Å². The maximum atomic E-state index is 3.27. The van der Waals surface area contributed by atoms with Crippen molar-refractivity contribution in [3.05, 3.63) is 66.2 Å². The predicted octanol–water partition coefficient (Wildman–Crippen LogP) is 5.42. The predicted molar refractivity (Wildman–Crippen MR) is 90.8 cm³/mol. The van der Waals surface area contributed by atoms with Crippen LogP contribution >= 0.6 is 0 Å². The van der Waals surface area contributed by atoms with E-state index in [0.717, 1.165) is 5.69 Å². The first-order chi connectivity index (χ1) is 9.86. The summed E-state index contributed by atoms with van der Waals surface area (Å²) in [4.78, 5) is 0. The average molecular weight is 272 g/mol. The molecule has 0 amide bonds. The van der Waals surface area contributed by atoms with Gasteiger partial charge in [-0.25, -0.2) is 5.43 Å². The third-order valence-electron chi connectivity index (χ3n) is 2.51. The maximum Gasteiger partial charge on any atom is 0.0487 e. The van der Waals surface area contributed by atoms with Crippen LogP contribution < -0.4 is 10.9 Å². The van der Waals surface area contributed by atoms with Crippen molar-refractivity contribution in [2.24, 2.45) is 0 Å². The van der Waals surface area contributed by atoms with Gasteiger partial charge in [-0.05, 0) is 24.6 Å². The molecule has 0 aliphatic heterocycles. The number of rotatable bonds is 4. The highest BCUT2D eigenvalue weighted by atomic mass is 15.4. The van der Waals surface area contributed by atoms with Gasteiger partial charge in [-0.15, -0.1) is 0 Å². The Bertz CT molecular complexity index is 412. The molecule has 2 aromatic rings. The molecule has 0 bridgehead atoms. The van der Waals surface area contributed by atoms with Crippen LogP contribution in [0.15, 0.2) is 60.7 Å². The number of hydrogen-bond donors (Lipinski definition) is 2. The summed E-state index contributed by atoms with van der Waals surface area (Å²) in [5.74, 6) is 0. The topological polar surface area (TPSA) is 24.1 Å². The molecular weight excluding hydrogens is 244 g/mol. The summed E-state index contributed by atoms with van der Waals surface area (Å²) in [5.41, 5.74) is 8.80. The van der Waals surface area contributed by atoms with Crippen molar-refractivity contribution in [3.8, 4) is 0 Å². The van der Waals surface area contributed by atoms with Gasteiger partial charge in [-0.3, -0.25) is 0 Å². The van der Waals surface area contributed by atoms with Crippen LogP contribution in [-0.4, -0.2) is 0 Å². The van der Waals surface area contributed by atoms with Crippen LogP contribution in [0.5, 0.6) is 0 Å². The van der Waals surface area contributed by atoms with E-state index in [9.17, 15) is 0 Å². The summed E-state index contributed by atoms with van der Waals surface area (Å²) >= 11 is 0. The molecule has 0 aliphatic carbocycles. The second kappa shape index (κ2) is 12.2. The van der Waals surface area contributed by atoms with Gasteiger partial charge in [-0.2, -0.15) is 0 Å². The van der Waals surface area contributed by atoms with Gasteiger partial charge in [-0.1, -0.05) is 76.2 Å². The lowest BCUT2D eigenvalue weighted by atomic mass is 10.1. The second-order valence-corrected chi connectivity index (χ2v) is 3.77. The molecule has 2 aromatic carbocycles. The minimum Gasteiger partial charge on any atom is -0.321 e. The normalized spacial score (nSPS) is 10.2. The van der Waals surface area contributed by atoms with Gasteiger partial charge >= 0.3 is 0 Å². The summed E-state index contributed by atoms with van der Waals surface area (Å²) in [5, 5.41) is 0. The third kappa shape index (κ3) is 6.95. The fraction of sp³-hybridized carbons (Fsp3) is 0.333. The van der Waals surface area contributed by atoms with Crippen molar-refractivity contribution in [2.75, 3.05) is 5.43 Å². The Morgan fingerprint density at radius 2 is 1.15 bits per heavy atom. The van der Waals surface area contributed by atoms with E-state index in [1.165, 1.54) is 5.56 Å². The zero-order valence-corrected chi connectivity index (χ0v) is 13.4. The Hall–Kier alpha value is -1.80. The van der Waals surface area contributed by atoms with Gasteiger partial charge in [0.15, 0.2) is 0 Å². The molecule has 0 spiro atoms. The van der Waals surface area contributed by atoms with Crippen LogP contribution in [0.25, 0.3) is 0 Å². The third-order valence-corrected chi connectivity index (χ3v) is 2.51. The molecule has 1 unspecified atom stereocenters. The molecule has 110 valence electrons. The van der Waals surface area contributed by atoms with Crippen molar-refractivity contribution in [1.29, 1.82) is 0 Å². The fourth-order valence-electron chi connectivity index (χ4n) is 1.54. The summed E-state index contributed by atoms with van der Waals surface area (Å²) < 4.78 is 0. The van der Waals surface area contributed by atoms with Gasteiger partial charge in [0.05, 0.1) is 0 Å². The first kappa shape index (κ1) is 18.2. The van der Waals surface area contributed by atoms with E-state index in [2.05, 4.69) is 42.0 Å². The van der Waals surface area contributed by atoms with E-state index in [4.69, 9.17) is 0 Å². The molecule has 0 aliphatic rings. The monoisotopic (exact) mass is 272 g/mol. The van der Waals surface area contributed by atoms with E-state index in [1.54, 1.807) is 0 Å². The number of anilines is 1. The highest BCUT2D eigenvalue weighted by Crippen LogP contribution is 2.11. The highest BCUT2D eigenvalue weighted by Gasteiger charge is 2.02. The van der Waals surface area contributed by atoms with Gasteiger partial charge in [0.1, 0.15) is 0 Å². The average Bonchev–Trinajstić information content (AvgIpc) is 2.58. The van der Waals surface area contributed by atoms with Gasteiger partial charge in [0, 0.05) is 11.7 Å². The molecule has 0 aromatic heterocycles. The lowest BCUT2D eigenvalue weighted by Gasteiger charge is -2.15. The second-order valence-electron chi connectivity index (χ2n) is 3.77. The van der Waals surface area contributed by atoms with Crippen molar-refractivity contribution >= 4 is 5.69 Å².